The molecular formula is C23H24N3O2+. The molecule has 28 heavy (non-hydrogen) atoms. The number of hydrogen-bond donors (Lipinski definition) is 1. The van der Waals surface area contributed by atoms with Crippen molar-refractivity contribution in [3.63, 3.8) is 0 Å². The number of fused-ring (bicyclic) bond motifs is 1. The van der Waals surface area contributed by atoms with Crippen molar-refractivity contribution >= 4 is 17.4 Å². The lowest BCUT2D eigenvalue weighted by Crippen LogP contribution is -2.42. The van der Waals surface area contributed by atoms with E-state index in [-0.39, 0.29) is 18.2 Å². The predicted octanol–water partition coefficient (Wildman–Crippen LogP) is 3.54. The lowest BCUT2D eigenvalue weighted by molar-refractivity contribution is -0.690. The van der Waals surface area contributed by atoms with Gasteiger partial charge in [-0.1, -0.05) is 42.0 Å². The van der Waals surface area contributed by atoms with Crippen LogP contribution in [0.3, 0.4) is 0 Å². The minimum absolute atomic E-state index is 0.0153. The maximum Gasteiger partial charge on any atom is 0.266 e. The fourth-order valence-corrected chi connectivity index (χ4v) is 3.77. The number of nitrogens with zero attached hydrogens (tertiary/aromatic N) is 2. The van der Waals surface area contributed by atoms with E-state index >= 15 is 0 Å². The van der Waals surface area contributed by atoms with Crippen LogP contribution in [0.15, 0.2) is 54.7 Å². The van der Waals surface area contributed by atoms with Crippen molar-refractivity contribution in [1.29, 1.82) is 0 Å². The van der Waals surface area contributed by atoms with Crippen LogP contribution in [0.4, 0.5) is 5.69 Å². The summed E-state index contributed by atoms with van der Waals surface area (Å²) in [5.41, 5.74) is 4.79. The van der Waals surface area contributed by atoms with Crippen LogP contribution < -0.4 is 9.88 Å². The van der Waals surface area contributed by atoms with Crippen LogP contribution in [-0.2, 0) is 24.3 Å². The molecule has 2 heterocycles. The van der Waals surface area contributed by atoms with Crippen LogP contribution in [-0.4, -0.2) is 16.3 Å². The number of carbonyl (C=O) groups excluding carboxylic acids is 2. The van der Waals surface area contributed by atoms with Gasteiger partial charge in [-0.15, -0.1) is 0 Å². The van der Waals surface area contributed by atoms with Crippen LogP contribution >= 0.6 is 0 Å². The van der Waals surface area contributed by atoms with Gasteiger partial charge < -0.3 is 5.32 Å². The molecule has 0 aliphatic carbocycles. The quantitative estimate of drug-likeness (QED) is 0.549. The molecule has 0 spiro atoms. The number of amides is 1. The molecule has 0 saturated carbocycles. The number of aromatic nitrogens is 2. The second kappa shape index (κ2) is 7.43. The molecule has 1 aliphatic heterocycles. The molecule has 5 heteroatoms. The Morgan fingerprint density at radius 3 is 2.68 bits per heavy atom. The monoisotopic (exact) mass is 374 g/mol. The van der Waals surface area contributed by atoms with Gasteiger partial charge in [-0.3, -0.25) is 9.59 Å². The molecule has 0 saturated heterocycles. The zero-order valence-electron chi connectivity index (χ0n) is 16.2. The maximum atomic E-state index is 12.6. The van der Waals surface area contributed by atoms with Crippen molar-refractivity contribution in [2.24, 2.45) is 0 Å². The van der Waals surface area contributed by atoms with E-state index < -0.39 is 0 Å². The molecule has 5 nitrogen and oxygen atoms in total. The summed E-state index contributed by atoms with van der Waals surface area (Å²) in [6.07, 6.45) is 4.14. The second-order valence-corrected chi connectivity index (χ2v) is 7.36. The van der Waals surface area contributed by atoms with Gasteiger partial charge in [0, 0.05) is 16.8 Å². The third-order valence-corrected chi connectivity index (χ3v) is 5.21. The molecule has 142 valence electrons. The molecule has 0 radical (unpaired) electrons. The van der Waals surface area contributed by atoms with E-state index in [0.717, 1.165) is 25.1 Å². The Hall–Kier alpha value is -3.21. The topological polar surface area (TPSA) is 55.0 Å². The lowest BCUT2D eigenvalue weighted by atomic mass is 10.1. The number of nitrogens with one attached hydrogen (secondary N) is 1. The Morgan fingerprint density at radius 1 is 1.14 bits per heavy atom. The van der Waals surface area contributed by atoms with Gasteiger partial charge in [0.25, 0.3) is 11.7 Å². The number of ketones is 1. The van der Waals surface area contributed by atoms with Crippen LogP contribution in [0.2, 0.25) is 0 Å². The van der Waals surface area contributed by atoms with Gasteiger partial charge in [-0.2, -0.15) is 0 Å². The Labute approximate surface area is 164 Å². The van der Waals surface area contributed by atoms with Crippen LogP contribution in [0, 0.1) is 6.92 Å². The maximum absolute atomic E-state index is 12.6. The Balaban J connectivity index is 1.56. The number of benzene rings is 2. The third kappa shape index (κ3) is 3.60. The van der Waals surface area contributed by atoms with E-state index in [2.05, 4.69) is 47.3 Å². The standard InChI is InChI=1S/C23H23N3O2/c1-16-8-10-18(11-9-16)21-14-25(23-7-4-12-26(21)23)15-22(28)24-20-6-3-5-19(13-20)17(2)27/h3,5-6,8-11,13-14H,4,7,12,15H2,1-2H3/p+1. The minimum atomic E-state index is -0.0959. The highest BCUT2D eigenvalue weighted by Crippen LogP contribution is 2.25. The van der Waals surface area contributed by atoms with Crippen molar-refractivity contribution in [3.05, 3.63) is 71.7 Å². The first-order chi connectivity index (χ1) is 13.5. The van der Waals surface area contributed by atoms with Gasteiger partial charge in [-0.25, -0.2) is 9.13 Å². The van der Waals surface area contributed by atoms with Crippen molar-refractivity contribution < 1.29 is 14.2 Å². The smallest absolute Gasteiger partial charge is 0.266 e. The zero-order chi connectivity index (χ0) is 19.7. The summed E-state index contributed by atoms with van der Waals surface area (Å²) in [4.78, 5) is 24.2. The van der Waals surface area contributed by atoms with E-state index in [1.807, 2.05) is 4.57 Å². The van der Waals surface area contributed by atoms with Crippen LogP contribution in [0.1, 0.15) is 35.1 Å². The summed E-state index contributed by atoms with van der Waals surface area (Å²) in [7, 11) is 0. The molecule has 0 unspecified atom stereocenters. The molecule has 1 aliphatic rings. The summed E-state index contributed by atoms with van der Waals surface area (Å²) in [5, 5.41) is 2.91. The number of rotatable bonds is 5. The lowest BCUT2D eigenvalue weighted by Gasteiger charge is -2.05. The first kappa shape index (κ1) is 18.2. The third-order valence-electron chi connectivity index (χ3n) is 5.21. The molecule has 1 N–H and O–H groups in total. The number of carbonyl (C=O) groups is 2. The molecule has 1 aromatic heterocycles. The van der Waals surface area contributed by atoms with Crippen molar-refractivity contribution in [2.45, 2.75) is 39.8 Å². The normalized spacial score (nSPS) is 12.6. The number of hydrogen-bond acceptors (Lipinski definition) is 2. The summed E-state index contributed by atoms with van der Waals surface area (Å²) in [6, 6.07) is 15.5. The highest BCUT2D eigenvalue weighted by atomic mass is 16.2. The second-order valence-electron chi connectivity index (χ2n) is 7.36. The molecule has 2 aromatic carbocycles. The van der Waals surface area contributed by atoms with E-state index in [9.17, 15) is 9.59 Å². The number of Topliss-reactive ketones (excluding diaryl/α,β-unsaturated/α-hetero) is 1. The average molecular weight is 374 g/mol. The Bertz CT molecular complexity index is 1050. The molecule has 0 fully saturated rings. The fourth-order valence-electron chi connectivity index (χ4n) is 3.77. The largest absolute Gasteiger partial charge is 0.323 e. The van der Waals surface area contributed by atoms with Gasteiger partial charge in [0.05, 0.1) is 13.0 Å². The molecule has 4 rings (SSSR count). The fraction of sp³-hybridized carbons (Fsp3) is 0.261. The number of anilines is 1. The van der Waals surface area contributed by atoms with E-state index in [1.165, 1.54) is 23.9 Å². The summed E-state index contributed by atoms with van der Waals surface area (Å²) in [5.74, 6) is 1.07. The van der Waals surface area contributed by atoms with Gasteiger partial charge >= 0.3 is 0 Å². The molecule has 0 atom stereocenters. The van der Waals surface area contributed by atoms with Gasteiger partial charge in [-0.05, 0) is 32.4 Å². The van der Waals surface area contributed by atoms with E-state index in [0.29, 0.717) is 11.3 Å². The SMILES string of the molecule is CC(=O)c1cccc(NC(=O)C[n+]2cc(-c3ccc(C)cc3)n3c2CCC3)c1. The van der Waals surface area contributed by atoms with E-state index in [4.69, 9.17) is 0 Å². The molecule has 1 amide bonds. The van der Waals surface area contributed by atoms with Crippen molar-refractivity contribution in [1.82, 2.24) is 4.57 Å². The van der Waals surface area contributed by atoms with Crippen LogP contribution in [0.25, 0.3) is 11.3 Å². The summed E-state index contributed by atoms with van der Waals surface area (Å²) < 4.78 is 4.36. The van der Waals surface area contributed by atoms with Crippen molar-refractivity contribution in [3.8, 4) is 11.3 Å². The number of imidazole rings is 1. The Kier molecular flexibility index (Phi) is 4.82. The first-order valence-electron chi connectivity index (χ1n) is 9.61. The summed E-state index contributed by atoms with van der Waals surface area (Å²) >= 11 is 0. The summed E-state index contributed by atoms with van der Waals surface area (Å²) in [6.45, 7) is 4.84. The van der Waals surface area contributed by atoms with Crippen molar-refractivity contribution in [2.75, 3.05) is 5.32 Å². The first-order valence-corrected chi connectivity index (χ1v) is 9.61. The van der Waals surface area contributed by atoms with Crippen LogP contribution in [0.5, 0.6) is 0 Å². The Morgan fingerprint density at radius 2 is 1.93 bits per heavy atom. The highest BCUT2D eigenvalue weighted by molar-refractivity contribution is 5.96. The predicted molar refractivity (Wildman–Crippen MR) is 108 cm³/mol. The van der Waals surface area contributed by atoms with Gasteiger partial charge in [0.2, 0.25) is 0 Å². The molecule has 0 bridgehead atoms. The average Bonchev–Trinajstić information content (AvgIpc) is 3.27. The number of aryl methyl sites for hydroxylation is 1. The highest BCUT2D eigenvalue weighted by Gasteiger charge is 2.29. The van der Waals surface area contributed by atoms with Gasteiger partial charge in [0.15, 0.2) is 18.0 Å². The minimum Gasteiger partial charge on any atom is -0.323 e. The van der Waals surface area contributed by atoms with E-state index in [1.54, 1.807) is 24.3 Å². The molecule has 3 aromatic rings. The zero-order valence-corrected chi connectivity index (χ0v) is 16.2. The van der Waals surface area contributed by atoms with Gasteiger partial charge in [0.1, 0.15) is 6.20 Å². The molecular weight excluding hydrogens is 350 g/mol.